The molecular formula is C49H42F6N12O8S4. The topological polar surface area (TPSA) is 272 Å². The highest BCUT2D eigenvalue weighted by Crippen LogP contribution is 2.40. The molecule has 0 radical (unpaired) electrons. The van der Waals surface area contributed by atoms with Gasteiger partial charge in [0.1, 0.15) is 0 Å². The molecule has 0 aliphatic heterocycles. The van der Waals surface area contributed by atoms with E-state index in [0.29, 0.717) is 71.7 Å². The van der Waals surface area contributed by atoms with Crippen LogP contribution in [0.4, 0.5) is 48.4 Å². The van der Waals surface area contributed by atoms with Crippen molar-refractivity contribution in [2.45, 2.75) is 102 Å². The Bertz CT molecular complexity index is 3170. The molecule has 4 aromatic carbocycles. The van der Waals surface area contributed by atoms with Gasteiger partial charge in [0.15, 0.2) is 0 Å². The van der Waals surface area contributed by atoms with E-state index in [0.717, 1.165) is 38.5 Å². The molecule has 0 unspecified atom stereocenters. The number of hydrogen-bond acceptors (Lipinski definition) is 20. The molecule has 412 valence electrons. The number of anilines is 4. The Balaban J connectivity index is 0.000000139. The summed E-state index contributed by atoms with van der Waals surface area (Å²) in [6.07, 6.45) is 6.94. The van der Waals surface area contributed by atoms with Crippen LogP contribution in [0, 0.1) is 0 Å². The maximum atomic E-state index is 12.3. The summed E-state index contributed by atoms with van der Waals surface area (Å²) in [7, 11) is 0. The van der Waals surface area contributed by atoms with Crippen LogP contribution >= 0.6 is 48.6 Å². The summed E-state index contributed by atoms with van der Waals surface area (Å²) in [6.45, 7) is 0. The smallest absolute Gasteiger partial charge is 0.322 e. The molecule has 8 aromatic rings. The van der Waals surface area contributed by atoms with E-state index < -0.39 is 24.2 Å². The van der Waals surface area contributed by atoms with Crippen LogP contribution in [0.5, 0.6) is 0 Å². The second kappa shape index (κ2) is 28.3. The Kier molecular flexibility index (Phi) is 20.6. The molecular weight excluding hydrogens is 1130 g/mol. The van der Waals surface area contributed by atoms with E-state index in [4.69, 9.17) is 13.3 Å². The van der Waals surface area contributed by atoms with Crippen molar-refractivity contribution in [2.75, 3.05) is 21.3 Å². The van der Waals surface area contributed by atoms with Gasteiger partial charge >= 0.3 is 30.5 Å². The SMILES string of the molecule is O=C(Nc1nnc(C(F)F)o1)c1ccc(SF)cc1.O=C(Nc1nnc(C2CC2)o1)c1ccc(SF)cc1.O=C(Nc1nnc(C2CCC2)o1)c1ccc(SF)cc1.O=C(Nc1nnc(C2CCCC2)o1)c1ccc(SF)cc1. The highest BCUT2D eigenvalue weighted by molar-refractivity contribution is 7.95. The van der Waals surface area contributed by atoms with Crippen molar-refractivity contribution in [3.8, 4) is 0 Å². The van der Waals surface area contributed by atoms with E-state index in [9.17, 15) is 43.5 Å². The van der Waals surface area contributed by atoms with Crippen LogP contribution in [-0.2, 0) is 0 Å². The first kappa shape index (κ1) is 57.5. The molecule has 0 spiro atoms. The number of rotatable bonds is 16. The fourth-order valence-corrected chi connectivity index (χ4v) is 8.15. The number of carbonyl (C=O) groups is 4. The number of nitrogens with zero attached hydrogens (tertiary/aromatic N) is 8. The number of benzene rings is 4. The molecule has 0 saturated heterocycles. The van der Waals surface area contributed by atoms with Crippen molar-refractivity contribution in [1.29, 1.82) is 0 Å². The van der Waals surface area contributed by atoms with Crippen molar-refractivity contribution in [1.82, 2.24) is 40.8 Å². The molecule has 4 heterocycles. The fourth-order valence-electron chi connectivity index (χ4n) is 7.19. The Morgan fingerprint density at radius 1 is 0.380 bits per heavy atom. The molecule has 3 saturated carbocycles. The lowest BCUT2D eigenvalue weighted by Gasteiger charge is -2.20. The van der Waals surface area contributed by atoms with E-state index in [2.05, 4.69) is 66.5 Å². The van der Waals surface area contributed by atoms with Gasteiger partial charge in [-0.25, -0.2) is 0 Å². The number of amides is 4. The quantitative estimate of drug-likeness (QED) is 0.0655. The largest absolute Gasteiger partial charge is 0.408 e. The minimum absolute atomic E-state index is 0.0438. The number of aromatic nitrogens is 8. The zero-order valence-corrected chi connectivity index (χ0v) is 43.9. The second-order valence-corrected chi connectivity index (χ2v) is 19.7. The first-order chi connectivity index (χ1) is 38.4. The number of nitrogens with one attached hydrogen (secondary N) is 4. The lowest BCUT2D eigenvalue weighted by Crippen LogP contribution is -2.12. The van der Waals surface area contributed by atoms with Crippen LogP contribution in [0.3, 0.4) is 0 Å². The minimum Gasteiger partial charge on any atom is -0.408 e. The maximum absolute atomic E-state index is 12.3. The van der Waals surface area contributed by atoms with Gasteiger partial charge in [-0.3, -0.25) is 40.4 Å². The number of alkyl halides is 2. The Hall–Kier alpha value is -7.70. The second-order valence-electron chi connectivity index (χ2n) is 17.2. The average Bonchev–Trinajstić information content (AvgIpc) is 4.10. The van der Waals surface area contributed by atoms with Crippen molar-refractivity contribution in [3.05, 3.63) is 143 Å². The van der Waals surface area contributed by atoms with Gasteiger partial charge in [-0.1, -0.05) is 39.7 Å². The maximum Gasteiger partial charge on any atom is 0.322 e. The number of hydrogen-bond donors (Lipinski definition) is 4. The molecule has 3 fully saturated rings. The first-order valence-electron chi connectivity index (χ1n) is 23.8. The third-order valence-electron chi connectivity index (χ3n) is 11.7. The standard InChI is InChI=1S/C14H14FN3O2S.C13H12FN3O2S.C12H10FN3O2S.C10H6F3N3O2S/c15-21-11-7-5-9(6-8-11)12(19)16-14-18-17-13(20-14)10-3-1-2-4-10;14-20-10-6-4-8(5-7-10)11(18)15-13-17-16-12(19-13)9-2-1-3-9;13-19-9-5-3-7(4-6-9)10(17)14-12-16-15-11(18-12)8-1-2-8;11-7(12)9-15-16-10(18-9)14-8(17)5-1-3-6(19-13)4-2-5/h5-8,10H,1-4H2,(H,16,18,19);4-7,9H,1-3H2,(H,15,17,18);3-6,8H,1-2H2,(H,14,16,17);1-4,7H,(H,14,16,17). The minimum atomic E-state index is -2.90. The van der Waals surface area contributed by atoms with Gasteiger partial charge in [0.05, 0.1) is 48.6 Å². The molecule has 0 atom stereocenters. The van der Waals surface area contributed by atoms with Gasteiger partial charge in [-0.15, -0.1) is 20.4 Å². The highest BCUT2D eigenvalue weighted by Gasteiger charge is 2.30. The van der Waals surface area contributed by atoms with Crippen LogP contribution in [0.15, 0.2) is 134 Å². The van der Waals surface area contributed by atoms with Crippen molar-refractivity contribution in [3.63, 3.8) is 0 Å². The van der Waals surface area contributed by atoms with Crippen LogP contribution in [0.1, 0.15) is 147 Å². The van der Waals surface area contributed by atoms with Crippen LogP contribution in [-0.4, -0.2) is 64.4 Å². The average molecular weight is 1170 g/mol. The van der Waals surface area contributed by atoms with Crippen LogP contribution in [0.2, 0.25) is 0 Å². The van der Waals surface area contributed by atoms with E-state index >= 15 is 0 Å². The lowest BCUT2D eigenvalue weighted by molar-refractivity contribution is 0.101. The van der Waals surface area contributed by atoms with Crippen LogP contribution < -0.4 is 21.3 Å². The van der Waals surface area contributed by atoms with E-state index in [-0.39, 0.29) is 89.9 Å². The van der Waals surface area contributed by atoms with E-state index in [1.165, 1.54) is 92.1 Å². The van der Waals surface area contributed by atoms with Crippen LogP contribution in [0.25, 0.3) is 0 Å². The summed E-state index contributed by atoms with van der Waals surface area (Å²) < 4.78 is 94.2. The summed E-state index contributed by atoms with van der Waals surface area (Å²) in [5.41, 5.74) is 1.43. The molecule has 4 amide bonds. The fraction of sp³-hybridized carbons (Fsp3) is 0.265. The monoisotopic (exact) mass is 1170 g/mol. The molecule has 0 bridgehead atoms. The zero-order chi connectivity index (χ0) is 55.7. The van der Waals surface area contributed by atoms with Gasteiger partial charge in [0, 0.05) is 59.6 Å². The Morgan fingerprint density at radius 2 is 0.646 bits per heavy atom. The normalized spacial score (nSPS) is 13.9. The van der Waals surface area contributed by atoms with Gasteiger partial charge < -0.3 is 17.7 Å². The molecule has 4 N–H and O–H groups in total. The third kappa shape index (κ3) is 16.7. The number of halogens is 6. The molecule has 3 aliphatic rings. The van der Waals surface area contributed by atoms with Crippen molar-refractivity contribution >= 4 is 96.3 Å². The summed E-state index contributed by atoms with van der Waals surface area (Å²) in [5.74, 6) is 0.149. The summed E-state index contributed by atoms with van der Waals surface area (Å²) in [6, 6.07) is 23.9. The third-order valence-corrected chi connectivity index (χ3v) is 13.5. The zero-order valence-electron chi connectivity index (χ0n) is 40.7. The van der Waals surface area contributed by atoms with Crippen molar-refractivity contribution in [2.24, 2.45) is 0 Å². The van der Waals surface area contributed by atoms with E-state index in [1.54, 1.807) is 24.3 Å². The molecule has 79 heavy (non-hydrogen) atoms. The molecule has 30 heteroatoms. The van der Waals surface area contributed by atoms with Gasteiger partial charge in [0.25, 0.3) is 29.5 Å². The van der Waals surface area contributed by atoms with Gasteiger partial charge in [0.2, 0.25) is 17.7 Å². The summed E-state index contributed by atoms with van der Waals surface area (Å²) in [5, 5.41) is 39.3. The molecule has 3 aliphatic carbocycles. The van der Waals surface area contributed by atoms with Gasteiger partial charge in [-0.2, -0.15) is 24.3 Å². The lowest BCUT2D eigenvalue weighted by atomic mass is 9.85. The molecule has 4 aromatic heterocycles. The molecule has 11 rings (SSSR count). The number of carbonyl (C=O) groups excluding carboxylic acids is 4. The summed E-state index contributed by atoms with van der Waals surface area (Å²) >= 11 is 0.452. The summed E-state index contributed by atoms with van der Waals surface area (Å²) in [4.78, 5) is 49.2. The Labute approximate surface area is 461 Å². The first-order valence-corrected chi connectivity index (χ1v) is 26.7. The van der Waals surface area contributed by atoms with Gasteiger partial charge in [-0.05, 0) is 136 Å². The predicted molar refractivity (Wildman–Crippen MR) is 277 cm³/mol. The molecule has 20 nitrogen and oxygen atoms in total. The highest BCUT2D eigenvalue weighted by atomic mass is 32.2. The predicted octanol–water partition coefficient (Wildman–Crippen LogP) is 13.9. The van der Waals surface area contributed by atoms with Crippen molar-refractivity contribution < 1.29 is 61.2 Å². The Morgan fingerprint density at radius 3 is 0.886 bits per heavy atom. The van der Waals surface area contributed by atoms with E-state index in [1.807, 2.05) is 0 Å².